The predicted molar refractivity (Wildman–Crippen MR) is 146 cm³/mol. The van der Waals surface area contributed by atoms with Gasteiger partial charge in [0.25, 0.3) is 0 Å². The van der Waals surface area contributed by atoms with E-state index in [1.807, 2.05) is 19.9 Å². The van der Waals surface area contributed by atoms with Crippen molar-refractivity contribution >= 4 is 29.4 Å². The van der Waals surface area contributed by atoms with E-state index in [0.29, 0.717) is 37.5 Å². The Hall–Kier alpha value is -2.55. The summed E-state index contributed by atoms with van der Waals surface area (Å²) in [6.07, 6.45) is 7.87. The van der Waals surface area contributed by atoms with Crippen molar-refractivity contribution < 1.29 is 38.9 Å². The van der Waals surface area contributed by atoms with E-state index in [4.69, 9.17) is 4.74 Å². The van der Waals surface area contributed by atoms with E-state index in [-0.39, 0.29) is 35.9 Å². The van der Waals surface area contributed by atoms with Crippen molar-refractivity contribution in [3.05, 3.63) is 11.6 Å². The van der Waals surface area contributed by atoms with E-state index < -0.39 is 47.3 Å². The minimum absolute atomic E-state index is 0.00373. The maximum absolute atomic E-state index is 13.4. The number of rotatable bonds is 10. The molecule has 0 spiro atoms. The number of carboxylic acid groups (broad SMARTS) is 1. The van der Waals surface area contributed by atoms with E-state index in [2.05, 4.69) is 12.2 Å². The van der Waals surface area contributed by atoms with Crippen LogP contribution in [0.15, 0.2) is 11.6 Å². The van der Waals surface area contributed by atoms with Crippen molar-refractivity contribution in [2.24, 2.45) is 34.5 Å². The Morgan fingerprint density at radius 2 is 1.75 bits per heavy atom. The summed E-state index contributed by atoms with van der Waals surface area (Å²) >= 11 is 0. The van der Waals surface area contributed by atoms with Crippen molar-refractivity contribution in [3.8, 4) is 0 Å². The summed E-state index contributed by atoms with van der Waals surface area (Å²) in [5.74, 6) is -1.99. The number of carboxylic acids is 1. The van der Waals surface area contributed by atoms with E-state index in [1.165, 1.54) is 5.57 Å². The molecule has 0 saturated heterocycles. The number of Topliss-reactive ketones (excluding diaryl/α,β-unsaturated/α-hetero) is 1. The maximum Gasteiger partial charge on any atom is 0.326 e. The van der Waals surface area contributed by atoms with E-state index in [1.54, 1.807) is 6.92 Å². The molecule has 4 aliphatic carbocycles. The van der Waals surface area contributed by atoms with Gasteiger partial charge in [-0.2, -0.15) is 0 Å². The molecule has 3 fully saturated rings. The largest absolute Gasteiger partial charge is 0.480 e. The number of fused-ring (bicyclic) bond motifs is 5. The minimum atomic E-state index is -1.58. The molecule has 0 aromatic rings. The van der Waals surface area contributed by atoms with Crippen LogP contribution in [0.1, 0.15) is 98.3 Å². The molecule has 1 amide bonds. The summed E-state index contributed by atoms with van der Waals surface area (Å²) in [4.78, 5) is 61.4. The van der Waals surface area contributed by atoms with Crippen molar-refractivity contribution in [2.75, 3.05) is 6.61 Å². The van der Waals surface area contributed by atoms with Gasteiger partial charge in [-0.25, -0.2) is 4.79 Å². The molecule has 9 heteroatoms. The van der Waals surface area contributed by atoms with Crippen molar-refractivity contribution in [2.45, 2.75) is 110 Å². The lowest BCUT2D eigenvalue weighted by molar-refractivity contribution is -0.170. The van der Waals surface area contributed by atoms with Gasteiger partial charge in [-0.05, 0) is 80.1 Å². The Bertz CT molecular complexity index is 1100. The van der Waals surface area contributed by atoms with Gasteiger partial charge >= 0.3 is 11.9 Å². The zero-order valence-electron chi connectivity index (χ0n) is 24.3. The summed E-state index contributed by atoms with van der Waals surface area (Å²) < 4.78 is 5.20. The Morgan fingerprint density at radius 3 is 2.42 bits per heavy atom. The van der Waals surface area contributed by atoms with Crippen LogP contribution in [0.2, 0.25) is 0 Å². The van der Waals surface area contributed by atoms with Gasteiger partial charge in [-0.1, -0.05) is 39.7 Å². The average molecular weight is 560 g/mol. The first-order chi connectivity index (χ1) is 18.8. The first-order valence-electron chi connectivity index (χ1n) is 14.9. The summed E-state index contributed by atoms with van der Waals surface area (Å²) in [6.45, 7) is 7.31. The van der Waals surface area contributed by atoms with E-state index in [0.717, 1.165) is 32.1 Å². The van der Waals surface area contributed by atoms with Crippen molar-refractivity contribution in [1.29, 1.82) is 0 Å². The highest BCUT2D eigenvalue weighted by atomic mass is 16.5. The second-order valence-corrected chi connectivity index (χ2v) is 13.2. The van der Waals surface area contributed by atoms with Gasteiger partial charge in [0, 0.05) is 18.3 Å². The number of hydrogen-bond donors (Lipinski definition) is 3. The normalized spacial score (nSPS) is 36.3. The number of aliphatic hydroxyl groups is 1. The van der Waals surface area contributed by atoms with E-state index in [9.17, 15) is 34.2 Å². The van der Waals surface area contributed by atoms with Crippen molar-refractivity contribution in [3.63, 3.8) is 0 Å². The Labute approximate surface area is 236 Å². The van der Waals surface area contributed by atoms with Gasteiger partial charge in [0.1, 0.15) is 11.6 Å². The molecule has 3 N–H and O–H groups in total. The van der Waals surface area contributed by atoms with Gasteiger partial charge in [-0.3, -0.25) is 19.2 Å². The van der Waals surface area contributed by atoms with Crippen LogP contribution in [-0.2, 0) is 28.7 Å². The quantitative estimate of drug-likeness (QED) is 0.343. The number of ether oxygens (including phenoxy) is 1. The first kappa shape index (κ1) is 30.4. The van der Waals surface area contributed by atoms with Gasteiger partial charge in [0.2, 0.25) is 11.7 Å². The third kappa shape index (κ3) is 5.26. The molecule has 0 unspecified atom stereocenters. The SMILES string of the molecule is CC[C@H](C)[C@H](NC(=O)CCC(=O)OCC(=O)[C@@]1(O)CC[C@@H]2[C@H]3CCC4=CC(=O)CC[C@]4(C)[C@H]3CC[C@@]21C)C(=O)O. The summed E-state index contributed by atoms with van der Waals surface area (Å²) in [7, 11) is 0. The fraction of sp³-hybridized carbons (Fsp3) is 0.774. The molecule has 0 radical (unpaired) electrons. The number of hydrogen-bond acceptors (Lipinski definition) is 7. The second kappa shape index (κ2) is 11.4. The van der Waals surface area contributed by atoms with Gasteiger partial charge < -0.3 is 20.3 Å². The topological polar surface area (TPSA) is 147 Å². The number of aliphatic carboxylic acids is 1. The van der Waals surface area contributed by atoms with Crippen LogP contribution in [0.3, 0.4) is 0 Å². The predicted octanol–water partition coefficient (Wildman–Crippen LogP) is 3.76. The van der Waals surface area contributed by atoms with Crippen LogP contribution in [0.5, 0.6) is 0 Å². The summed E-state index contributed by atoms with van der Waals surface area (Å²) in [5, 5.41) is 23.6. The highest BCUT2D eigenvalue weighted by Gasteiger charge is 2.66. The number of amides is 1. The molecule has 0 aromatic carbocycles. The highest BCUT2D eigenvalue weighted by Crippen LogP contribution is 2.67. The third-order valence-corrected chi connectivity index (χ3v) is 11.3. The summed E-state index contributed by atoms with van der Waals surface area (Å²) in [6, 6.07) is -1.04. The maximum atomic E-state index is 13.4. The molecule has 8 atom stereocenters. The van der Waals surface area contributed by atoms with Crippen LogP contribution in [0.25, 0.3) is 0 Å². The molecule has 3 saturated carbocycles. The lowest BCUT2D eigenvalue weighted by Gasteiger charge is -2.58. The average Bonchev–Trinajstić information content (AvgIpc) is 3.20. The van der Waals surface area contributed by atoms with Gasteiger partial charge in [0.15, 0.2) is 12.4 Å². The molecular weight excluding hydrogens is 514 g/mol. The standard InChI is InChI=1S/C31H45NO8/c1-5-18(2)27(28(37)38)32-25(35)8-9-26(36)40-17-24(34)31(39)15-12-23-21-7-6-19-16-20(33)10-13-29(19,3)22(21)11-14-30(23,31)4/h16,18,21-23,27,39H,5-15,17H2,1-4H3,(H,32,35)(H,37,38)/t18-,21-,22-,23+,27-,29-,30-,31-/m0/s1. The fourth-order valence-electron chi connectivity index (χ4n) is 8.52. The molecule has 0 aromatic heterocycles. The van der Waals surface area contributed by atoms with Crippen LogP contribution >= 0.6 is 0 Å². The number of allylic oxidation sites excluding steroid dienone is 1. The number of nitrogens with one attached hydrogen (secondary N) is 1. The van der Waals surface area contributed by atoms with Crippen LogP contribution in [0.4, 0.5) is 0 Å². The van der Waals surface area contributed by atoms with Crippen LogP contribution in [0, 0.1) is 34.5 Å². The fourth-order valence-corrected chi connectivity index (χ4v) is 8.52. The molecule has 4 aliphatic rings. The number of carbonyl (C=O) groups excluding carboxylic acids is 4. The molecule has 0 heterocycles. The summed E-state index contributed by atoms with van der Waals surface area (Å²) in [5.41, 5.74) is -0.910. The number of carbonyl (C=O) groups is 5. The van der Waals surface area contributed by atoms with Crippen LogP contribution < -0.4 is 5.32 Å². The molecule has 4 rings (SSSR count). The molecule has 222 valence electrons. The van der Waals surface area contributed by atoms with Gasteiger partial charge in [-0.15, -0.1) is 0 Å². The lowest BCUT2D eigenvalue weighted by atomic mass is 9.46. The second-order valence-electron chi connectivity index (χ2n) is 13.2. The molecule has 0 bridgehead atoms. The smallest absolute Gasteiger partial charge is 0.326 e. The van der Waals surface area contributed by atoms with Gasteiger partial charge in [0.05, 0.1) is 6.42 Å². The Balaban J connectivity index is 1.33. The molecule has 40 heavy (non-hydrogen) atoms. The molecular formula is C31H45NO8. The zero-order valence-corrected chi connectivity index (χ0v) is 24.3. The first-order valence-corrected chi connectivity index (χ1v) is 14.9. The lowest BCUT2D eigenvalue weighted by Crippen LogP contribution is -2.58. The molecule has 9 nitrogen and oxygen atoms in total. The van der Waals surface area contributed by atoms with Crippen LogP contribution in [-0.4, -0.2) is 57.9 Å². The minimum Gasteiger partial charge on any atom is -0.480 e. The number of ketones is 2. The zero-order chi connectivity index (χ0) is 29.5. The highest BCUT2D eigenvalue weighted by molar-refractivity contribution is 5.92. The number of esters is 1. The van der Waals surface area contributed by atoms with E-state index >= 15 is 0 Å². The molecule has 0 aliphatic heterocycles. The third-order valence-electron chi connectivity index (χ3n) is 11.3. The monoisotopic (exact) mass is 559 g/mol. The van der Waals surface area contributed by atoms with Crippen molar-refractivity contribution in [1.82, 2.24) is 5.32 Å². The Morgan fingerprint density at radius 1 is 1.05 bits per heavy atom. The Kier molecular flexibility index (Phi) is 8.65.